The van der Waals surface area contributed by atoms with Crippen LogP contribution in [0.5, 0.6) is 0 Å². The van der Waals surface area contributed by atoms with Crippen LogP contribution in [0.1, 0.15) is 65.2 Å². The third kappa shape index (κ3) is 3.61. The minimum Gasteiger partial charge on any atom is -0.339 e. The molecular weight excluding hydrogens is 302 g/mol. The van der Waals surface area contributed by atoms with Gasteiger partial charge in [-0.3, -0.25) is 14.5 Å². The highest BCUT2D eigenvalue weighted by atomic mass is 16.2. The van der Waals surface area contributed by atoms with Gasteiger partial charge in [0.2, 0.25) is 11.8 Å². The Morgan fingerprint density at radius 1 is 0.875 bits per heavy atom. The molecule has 2 amide bonds. The first kappa shape index (κ1) is 17.7. The third-order valence-corrected chi connectivity index (χ3v) is 6.33. The van der Waals surface area contributed by atoms with Crippen molar-refractivity contribution in [1.82, 2.24) is 14.7 Å². The van der Waals surface area contributed by atoms with Crippen LogP contribution < -0.4 is 0 Å². The molecule has 0 bridgehead atoms. The second kappa shape index (κ2) is 7.85. The van der Waals surface area contributed by atoms with Crippen LogP contribution in [0, 0.1) is 0 Å². The molecule has 136 valence electrons. The normalized spacial score (nSPS) is 31.7. The van der Waals surface area contributed by atoms with Crippen LogP contribution in [0.25, 0.3) is 0 Å². The molecule has 0 aliphatic carbocycles. The van der Waals surface area contributed by atoms with E-state index >= 15 is 0 Å². The maximum Gasteiger partial charge on any atom is 0.224 e. The largest absolute Gasteiger partial charge is 0.339 e. The minimum atomic E-state index is 0.121. The van der Waals surface area contributed by atoms with Crippen LogP contribution in [0.15, 0.2) is 0 Å². The predicted octanol–water partition coefficient (Wildman–Crippen LogP) is 2.25. The Morgan fingerprint density at radius 3 is 2.33 bits per heavy atom. The van der Waals surface area contributed by atoms with Crippen molar-refractivity contribution >= 4 is 11.8 Å². The van der Waals surface area contributed by atoms with E-state index in [0.717, 1.165) is 51.7 Å². The summed E-state index contributed by atoms with van der Waals surface area (Å²) in [6, 6.07) is 1.07. The molecule has 0 unspecified atom stereocenters. The summed E-state index contributed by atoms with van der Waals surface area (Å²) < 4.78 is 0. The van der Waals surface area contributed by atoms with Crippen LogP contribution in [0.4, 0.5) is 0 Å². The Balaban J connectivity index is 1.64. The lowest BCUT2D eigenvalue weighted by Crippen LogP contribution is -2.50. The average molecular weight is 335 g/mol. The topological polar surface area (TPSA) is 43.9 Å². The molecule has 3 rings (SSSR count). The summed E-state index contributed by atoms with van der Waals surface area (Å²) in [6.45, 7) is 7.86. The first-order chi connectivity index (χ1) is 11.6. The minimum absolute atomic E-state index is 0.121. The molecule has 0 saturated carbocycles. The number of carbonyl (C=O) groups excluding carboxylic acids is 2. The van der Waals surface area contributed by atoms with E-state index in [1.165, 1.54) is 19.4 Å². The molecule has 3 fully saturated rings. The van der Waals surface area contributed by atoms with E-state index in [9.17, 15) is 9.59 Å². The molecule has 24 heavy (non-hydrogen) atoms. The molecule has 3 atom stereocenters. The van der Waals surface area contributed by atoms with Gasteiger partial charge in [-0.2, -0.15) is 0 Å². The van der Waals surface area contributed by atoms with Crippen LogP contribution >= 0.6 is 0 Å². The number of piperidine rings is 1. The van der Waals surface area contributed by atoms with Crippen molar-refractivity contribution in [2.75, 3.05) is 26.2 Å². The van der Waals surface area contributed by atoms with Crippen LogP contribution in [-0.4, -0.2) is 70.8 Å². The summed E-state index contributed by atoms with van der Waals surface area (Å²) in [5.41, 5.74) is 0. The number of carbonyl (C=O) groups is 2. The van der Waals surface area contributed by atoms with Crippen molar-refractivity contribution in [2.24, 2.45) is 0 Å². The van der Waals surface area contributed by atoms with Gasteiger partial charge in [0.15, 0.2) is 0 Å². The summed E-state index contributed by atoms with van der Waals surface area (Å²) >= 11 is 0. The smallest absolute Gasteiger partial charge is 0.224 e. The van der Waals surface area contributed by atoms with Gasteiger partial charge in [-0.15, -0.1) is 0 Å². The number of likely N-dealkylation sites (N-methyl/N-ethyl adjacent to an activating group) is 1. The molecule has 3 aliphatic rings. The fourth-order valence-electron chi connectivity index (χ4n) is 5.13. The molecule has 0 aromatic heterocycles. The van der Waals surface area contributed by atoms with Gasteiger partial charge in [0.05, 0.1) is 0 Å². The van der Waals surface area contributed by atoms with E-state index in [-0.39, 0.29) is 17.9 Å². The second-order valence-electron chi connectivity index (χ2n) is 7.70. The van der Waals surface area contributed by atoms with Crippen molar-refractivity contribution in [3.63, 3.8) is 0 Å². The average Bonchev–Trinajstić information content (AvgIpc) is 3.23. The van der Waals surface area contributed by atoms with Crippen LogP contribution in [0.2, 0.25) is 0 Å². The van der Waals surface area contributed by atoms with E-state index in [4.69, 9.17) is 0 Å². The van der Waals surface area contributed by atoms with E-state index in [0.29, 0.717) is 18.5 Å². The lowest BCUT2D eigenvalue weighted by atomic mass is 9.97. The number of rotatable bonds is 4. The molecule has 3 aliphatic heterocycles. The highest BCUT2D eigenvalue weighted by molar-refractivity contribution is 5.79. The molecule has 5 heteroatoms. The molecule has 0 spiro atoms. The maximum absolute atomic E-state index is 13.0. The molecular formula is C19H33N3O2. The van der Waals surface area contributed by atoms with Crippen molar-refractivity contribution < 1.29 is 9.59 Å². The highest BCUT2D eigenvalue weighted by Crippen LogP contribution is 2.31. The van der Waals surface area contributed by atoms with Gasteiger partial charge in [-0.1, -0.05) is 6.92 Å². The monoisotopic (exact) mass is 335 g/mol. The summed E-state index contributed by atoms with van der Waals surface area (Å²) in [4.78, 5) is 31.5. The zero-order valence-corrected chi connectivity index (χ0v) is 15.4. The number of hydrogen-bond acceptors (Lipinski definition) is 3. The Hall–Kier alpha value is -1.10. The predicted molar refractivity (Wildman–Crippen MR) is 94.6 cm³/mol. The van der Waals surface area contributed by atoms with E-state index in [1.807, 2.05) is 4.90 Å². The van der Waals surface area contributed by atoms with E-state index in [1.54, 1.807) is 6.92 Å². The fourth-order valence-corrected chi connectivity index (χ4v) is 5.13. The lowest BCUT2D eigenvalue weighted by Gasteiger charge is -2.38. The Bertz CT molecular complexity index is 468. The van der Waals surface area contributed by atoms with Gasteiger partial charge in [0.1, 0.15) is 0 Å². The molecule has 0 aromatic carbocycles. The number of hydrogen-bond donors (Lipinski definition) is 0. The Labute approximate surface area is 146 Å². The van der Waals surface area contributed by atoms with E-state index < -0.39 is 0 Å². The second-order valence-corrected chi connectivity index (χ2v) is 7.70. The molecule has 0 N–H and O–H groups in total. The summed E-state index contributed by atoms with van der Waals surface area (Å²) in [6.07, 6.45) is 8.48. The quantitative estimate of drug-likeness (QED) is 0.791. The molecule has 3 saturated heterocycles. The van der Waals surface area contributed by atoms with Gasteiger partial charge >= 0.3 is 0 Å². The standard InChI is InChI=1S/C19H33N3O2/c1-3-20-11-6-9-17(20)18-10-7-13-22(18)19(24)14-16-8-4-5-12-21(16)15(2)23/h16-18H,3-14H2,1-2H3/t16-,17-,18-/m1/s1. The Morgan fingerprint density at radius 2 is 1.58 bits per heavy atom. The first-order valence-electron chi connectivity index (χ1n) is 9.92. The number of likely N-dealkylation sites (tertiary alicyclic amines) is 3. The SMILES string of the molecule is CCN1CCC[C@@H]1[C@H]1CCCN1C(=O)C[C@H]1CCCCN1C(C)=O. The highest BCUT2D eigenvalue weighted by Gasteiger charge is 2.40. The molecule has 3 heterocycles. The fraction of sp³-hybridized carbons (Fsp3) is 0.895. The zero-order valence-electron chi connectivity index (χ0n) is 15.4. The first-order valence-corrected chi connectivity index (χ1v) is 9.92. The number of amides is 2. The lowest BCUT2D eigenvalue weighted by molar-refractivity contribution is -0.138. The van der Waals surface area contributed by atoms with Gasteiger partial charge in [0.25, 0.3) is 0 Å². The summed E-state index contributed by atoms with van der Waals surface area (Å²) in [7, 11) is 0. The van der Waals surface area contributed by atoms with Crippen molar-refractivity contribution in [3.8, 4) is 0 Å². The van der Waals surface area contributed by atoms with Crippen molar-refractivity contribution in [1.29, 1.82) is 0 Å². The van der Waals surface area contributed by atoms with Gasteiger partial charge in [-0.25, -0.2) is 0 Å². The summed E-state index contributed by atoms with van der Waals surface area (Å²) in [5.74, 6) is 0.400. The third-order valence-electron chi connectivity index (χ3n) is 6.33. The van der Waals surface area contributed by atoms with Crippen LogP contribution in [-0.2, 0) is 9.59 Å². The Kier molecular flexibility index (Phi) is 5.80. The van der Waals surface area contributed by atoms with Gasteiger partial charge in [0, 0.05) is 44.6 Å². The summed E-state index contributed by atoms with van der Waals surface area (Å²) in [5, 5.41) is 0. The van der Waals surface area contributed by atoms with Crippen molar-refractivity contribution in [3.05, 3.63) is 0 Å². The maximum atomic E-state index is 13.0. The van der Waals surface area contributed by atoms with E-state index in [2.05, 4.69) is 16.7 Å². The molecule has 5 nitrogen and oxygen atoms in total. The van der Waals surface area contributed by atoms with Crippen LogP contribution in [0.3, 0.4) is 0 Å². The molecule has 0 radical (unpaired) electrons. The van der Waals surface area contributed by atoms with Gasteiger partial charge in [-0.05, 0) is 58.0 Å². The van der Waals surface area contributed by atoms with Gasteiger partial charge < -0.3 is 9.80 Å². The van der Waals surface area contributed by atoms with Crippen molar-refractivity contribution in [2.45, 2.75) is 83.3 Å². The number of nitrogens with zero attached hydrogens (tertiary/aromatic N) is 3. The molecule has 0 aromatic rings. The zero-order chi connectivity index (χ0) is 17.1.